The molecule has 8 nitrogen and oxygen atoms in total. The van der Waals surface area contributed by atoms with E-state index in [0.29, 0.717) is 11.3 Å². The van der Waals surface area contributed by atoms with Crippen molar-refractivity contribution >= 4 is 22.9 Å². The minimum atomic E-state index is -0.635. The van der Waals surface area contributed by atoms with E-state index in [1.165, 1.54) is 19.2 Å². The Balaban J connectivity index is 1.43. The highest BCUT2D eigenvalue weighted by Gasteiger charge is 2.31. The Labute approximate surface area is 213 Å². The topological polar surface area (TPSA) is 88.8 Å². The van der Waals surface area contributed by atoms with Gasteiger partial charge in [-0.3, -0.25) is 23.9 Å². The summed E-state index contributed by atoms with van der Waals surface area (Å²) in [6.07, 6.45) is 12.4. The second-order valence-corrected chi connectivity index (χ2v) is 8.70. The van der Waals surface area contributed by atoms with Crippen LogP contribution in [-0.2, 0) is 4.79 Å². The zero-order chi connectivity index (χ0) is 25.9. The Hall–Kier alpha value is -4.55. The largest absolute Gasteiger partial charge is 0.494 e. The molecule has 1 N–H and O–H groups in total. The zero-order valence-corrected chi connectivity index (χ0v) is 20.1. The lowest BCUT2D eigenvalue weighted by Crippen LogP contribution is -2.29. The summed E-state index contributed by atoms with van der Waals surface area (Å²) in [5.74, 6) is 1.72. The molecule has 1 fully saturated rings. The van der Waals surface area contributed by atoms with Gasteiger partial charge < -0.3 is 10.1 Å². The number of hydrogen-bond acceptors (Lipinski definition) is 6. The number of aromatic nitrogens is 3. The first-order valence-corrected chi connectivity index (χ1v) is 11.8. The fourth-order valence-electron chi connectivity index (χ4n) is 4.69. The number of fused-ring (bicyclic) bond motifs is 1. The highest BCUT2D eigenvalue weighted by atomic mass is 19.1. The summed E-state index contributed by atoms with van der Waals surface area (Å²) in [5, 5.41) is 2.59. The number of nitrogens with zero attached hydrogens (tertiary/aromatic N) is 4. The van der Waals surface area contributed by atoms with Gasteiger partial charge in [0.2, 0.25) is 5.78 Å². The molecule has 37 heavy (non-hydrogen) atoms. The molecule has 0 spiro atoms. The number of halogens is 1. The van der Waals surface area contributed by atoms with E-state index in [9.17, 15) is 14.0 Å². The average Bonchev–Trinajstić information content (AvgIpc) is 3.54. The van der Waals surface area contributed by atoms with Crippen LogP contribution in [0.1, 0.15) is 35.1 Å². The number of imidazole rings is 1. The summed E-state index contributed by atoms with van der Waals surface area (Å²) in [6, 6.07) is 11.4. The molecular weight excluding hydrogens is 473 g/mol. The molecule has 0 saturated carbocycles. The number of methoxy groups -OCH3 is 1. The normalized spacial score (nSPS) is 15.4. The van der Waals surface area contributed by atoms with Gasteiger partial charge in [-0.2, -0.15) is 0 Å². The molecule has 0 bridgehead atoms. The van der Waals surface area contributed by atoms with Crippen molar-refractivity contribution in [3.63, 3.8) is 0 Å². The Morgan fingerprint density at radius 1 is 1.24 bits per heavy atom. The predicted molar refractivity (Wildman–Crippen MR) is 137 cm³/mol. The zero-order valence-electron chi connectivity index (χ0n) is 20.1. The van der Waals surface area contributed by atoms with Crippen LogP contribution in [0, 0.1) is 18.2 Å². The minimum absolute atomic E-state index is 0.0358. The van der Waals surface area contributed by atoms with Crippen molar-refractivity contribution in [3.8, 4) is 29.4 Å². The summed E-state index contributed by atoms with van der Waals surface area (Å²) >= 11 is 0. The van der Waals surface area contributed by atoms with Gasteiger partial charge in [0.15, 0.2) is 11.6 Å². The van der Waals surface area contributed by atoms with Crippen molar-refractivity contribution in [2.75, 3.05) is 25.5 Å². The van der Waals surface area contributed by atoms with Crippen LogP contribution >= 0.6 is 0 Å². The molecule has 1 aliphatic rings. The maximum Gasteiger partial charge on any atom is 0.255 e. The fraction of sp³-hybridized carbons (Fsp3) is 0.214. The van der Waals surface area contributed by atoms with Crippen molar-refractivity contribution in [1.82, 2.24) is 19.3 Å². The van der Waals surface area contributed by atoms with E-state index in [1.54, 1.807) is 42.7 Å². The summed E-state index contributed by atoms with van der Waals surface area (Å²) in [5.41, 5.74) is 2.72. The van der Waals surface area contributed by atoms with Gasteiger partial charge in [0.1, 0.15) is 5.82 Å². The summed E-state index contributed by atoms with van der Waals surface area (Å²) < 4.78 is 21.4. The van der Waals surface area contributed by atoms with Crippen LogP contribution in [0.4, 0.5) is 10.1 Å². The third kappa shape index (κ3) is 4.67. The van der Waals surface area contributed by atoms with Gasteiger partial charge in [-0.1, -0.05) is 18.2 Å². The Kier molecular flexibility index (Phi) is 6.66. The molecule has 9 heteroatoms. The van der Waals surface area contributed by atoms with Gasteiger partial charge in [-0.15, -0.1) is 6.42 Å². The van der Waals surface area contributed by atoms with Crippen LogP contribution in [0.3, 0.4) is 0 Å². The molecule has 1 atom stereocenters. The molecule has 0 radical (unpaired) electrons. The number of carbonyl (C=O) groups excluding carboxylic acids is 2. The molecule has 2 aromatic heterocycles. The van der Waals surface area contributed by atoms with Gasteiger partial charge in [0.05, 0.1) is 42.8 Å². The van der Waals surface area contributed by atoms with Crippen LogP contribution in [0.5, 0.6) is 5.75 Å². The van der Waals surface area contributed by atoms with Crippen molar-refractivity contribution in [1.29, 1.82) is 0 Å². The molecule has 0 aliphatic carbocycles. The molecule has 2 aromatic carbocycles. The second-order valence-electron chi connectivity index (χ2n) is 8.70. The standard InChI is InChI=1S/C28H24FN5O3/c1-3-20(35)17-33-14-5-7-22(33)27-32-26(23-16-30-13-15-34(23)27)18-9-11-19(12-10-18)28(36)31-21-6-4-8-24(37-2)25(21)29/h1,4,6,8-13,15-16,22H,5,7,14,17H2,2H3,(H,31,36)/t22-/m0/s1. The van der Waals surface area contributed by atoms with Gasteiger partial charge in [0.25, 0.3) is 5.91 Å². The lowest BCUT2D eigenvalue weighted by atomic mass is 10.1. The highest BCUT2D eigenvalue weighted by Crippen LogP contribution is 2.35. The van der Waals surface area contributed by atoms with Crippen molar-refractivity contribution in [2.24, 2.45) is 0 Å². The number of terminal acetylenes is 1. The summed E-state index contributed by atoms with van der Waals surface area (Å²) in [7, 11) is 1.37. The Morgan fingerprint density at radius 2 is 2.05 bits per heavy atom. The molecule has 5 rings (SSSR count). The number of likely N-dealkylation sites (tertiary alicyclic amines) is 1. The number of carbonyl (C=O) groups is 2. The number of amides is 1. The maximum absolute atomic E-state index is 14.4. The smallest absolute Gasteiger partial charge is 0.255 e. The van der Waals surface area contributed by atoms with Crippen LogP contribution in [0.2, 0.25) is 0 Å². The molecule has 1 saturated heterocycles. The first-order valence-electron chi connectivity index (χ1n) is 11.8. The molecule has 3 heterocycles. The van der Waals surface area contributed by atoms with E-state index in [2.05, 4.69) is 21.1 Å². The average molecular weight is 498 g/mol. The van der Waals surface area contributed by atoms with Gasteiger partial charge in [-0.05, 0) is 49.6 Å². The van der Waals surface area contributed by atoms with E-state index in [4.69, 9.17) is 16.1 Å². The van der Waals surface area contributed by atoms with E-state index in [-0.39, 0.29) is 29.8 Å². The molecular formula is C28H24FN5O3. The monoisotopic (exact) mass is 497 g/mol. The van der Waals surface area contributed by atoms with Gasteiger partial charge in [-0.25, -0.2) is 9.37 Å². The van der Waals surface area contributed by atoms with E-state index < -0.39 is 11.7 Å². The quantitative estimate of drug-likeness (QED) is 0.305. The molecule has 186 valence electrons. The lowest BCUT2D eigenvalue weighted by molar-refractivity contribution is -0.115. The molecule has 0 unspecified atom stereocenters. The molecule has 1 amide bonds. The number of hydrogen-bond donors (Lipinski definition) is 1. The van der Waals surface area contributed by atoms with Gasteiger partial charge >= 0.3 is 0 Å². The second kappa shape index (κ2) is 10.2. The number of Topliss-reactive ketones (excluding diaryl/α,β-unsaturated/α-hetero) is 1. The number of nitrogens with one attached hydrogen (secondary N) is 1. The predicted octanol–water partition coefficient (Wildman–Crippen LogP) is 4.14. The van der Waals surface area contributed by atoms with E-state index >= 15 is 0 Å². The van der Waals surface area contributed by atoms with Crippen LogP contribution in [-0.4, -0.2) is 51.2 Å². The van der Waals surface area contributed by atoms with Crippen LogP contribution in [0.15, 0.2) is 61.1 Å². The van der Waals surface area contributed by atoms with Crippen molar-refractivity contribution < 1.29 is 18.7 Å². The lowest BCUT2D eigenvalue weighted by Gasteiger charge is -2.21. The fourth-order valence-corrected chi connectivity index (χ4v) is 4.69. The number of ketones is 1. The Morgan fingerprint density at radius 3 is 2.81 bits per heavy atom. The number of anilines is 1. The SMILES string of the molecule is C#CC(=O)CN1CCC[C@H]1c1nc(-c2ccc(C(=O)Nc3cccc(OC)c3F)cc2)c2cnccn12. The summed E-state index contributed by atoms with van der Waals surface area (Å²) in [6.45, 7) is 0.958. The first kappa shape index (κ1) is 24.2. The van der Waals surface area contributed by atoms with Crippen molar-refractivity contribution in [3.05, 3.63) is 78.3 Å². The first-order chi connectivity index (χ1) is 18.0. The number of ether oxygens (including phenoxy) is 1. The number of benzene rings is 2. The third-order valence-corrected chi connectivity index (χ3v) is 6.50. The van der Waals surface area contributed by atoms with E-state index in [0.717, 1.165) is 36.3 Å². The third-order valence-electron chi connectivity index (χ3n) is 6.50. The van der Waals surface area contributed by atoms with Crippen LogP contribution < -0.4 is 10.1 Å². The Bertz CT molecular complexity index is 1520. The van der Waals surface area contributed by atoms with E-state index in [1.807, 2.05) is 10.6 Å². The van der Waals surface area contributed by atoms with Gasteiger partial charge in [0, 0.05) is 23.5 Å². The molecule has 1 aliphatic heterocycles. The minimum Gasteiger partial charge on any atom is -0.494 e. The summed E-state index contributed by atoms with van der Waals surface area (Å²) in [4.78, 5) is 36.0. The molecule has 4 aromatic rings. The van der Waals surface area contributed by atoms with Crippen molar-refractivity contribution in [2.45, 2.75) is 18.9 Å². The number of rotatable bonds is 7. The van der Waals surface area contributed by atoms with Crippen LogP contribution in [0.25, 0.3) is 16.8 Å². The maximum atomic E-state index is 14.4. The highest BCUT2D eigenvalue weighted by molar-refractivity contribution is 6.04.